The predicted octanol–water partition coefficient (Wildman–Crippen LogP) is 17.2. The third-order valence-corrected chi connectivity index (χ3v) is 14.8. The van der Waals surface area contributed by atoms with E-state index in [2.05, 4.69) is 194 Å². The van der Waals surface area contributed by atoms with Crippen LogP contribution in [0.4, 0.5) is 0 Å². The minimum Gasteiger partial charge on any atom is -0.135 e. The van der Waals surface area contributed by atoms with E-state index < -0.39 is 0 Å². The van der Waals surface area contributed by atoms with Crippen molar-refractivity contribution < 1.29 is 0 Å². The monoisotopic (exact) mass is 768 g/mol. The van der Waals surface area contributed by atoms with E-state index in [9.17, 15) is 0 Å². The zero-order valence-electron chi connectivity index (χ0n) is 31.3. The summed E-state index contributed by atoms with van der Waals surface area (Å²) in [6.07, 6.45) is 0. The first-order valence-electron chi connectivity index (χ1n) is 19.9. The zero-order chi connectivity index (χ0) is 37.9. The van der Waals surface area contributed by atoms with Crippen LogP contribution in [-0.4, -0.2) is 0 Å². The maximum absolute atomic E-state index is 2.40. The van der Waals surface area contributed by atoms with Gasteiger partial charge in [-0.3, -0.25) is 0 Å². The second-order valence-electron chi connectivity index (χ2n) is 15.5. The highest BCUT2D eigenvalue weighted by atomic mass is 32.1. The standard InChI is InChI=1S/C56H32S2/c1-2-12-39-33(10-1)11-9-18-41(39)54-44-16-5-3-14-42(44)53(43-15-4-6-17-45(43)54)38-23-22-34-30-35(20-21-36(34)31-38)37-24-25-49-52(32-37)57-51-29-28-48-46(55(49)51)26-27-47-40-13-7-8-19-50(40)58-56(47)48/h1-32H. The Morgan fingerprint density at radius 2 is 0.810 bits per heavy atom. The second-order valence-corrected chi connectivity index (χ2v) is 17.7. The Kier molecular flexibility index (Phi) is 6.86. The summed E-state index contributed by atoms with van der Waals surface area (Å²) in [7, 11) is 0. The molecule has 0 atom stereocenters. The van der Waals surface area contributed by atoms with E-state index in [0.29, 0.717) is 0 Å². The van der Waals surface area contributed by atoms with Gasteiger partial charge in [0.15, 0.2) is 0 Å². The zero-order valence-corrected chi connectivity index (χ0v) is 32.9. The van der Waals surface area contributed by atoms with Crippen LogP contribution in [0, 0.1) is 0 Å². The lowest BCUT2D eigenvalue weighted by Crippen LogP contribution is -1.91. The van der Waals surface area contributed by atoms with Gasteiger partial charge in [0, 0.05) is 45.7 Å². The molecular formula is C56H32S2. The van der Waals surface area contributed by atoms with Gasteiger partial charge in [-0.1, -0.05) is 164 Å². The van der Waals surface area contributed by atoms with E-state index in [4.69, 9.17) is 0 Å². The lowest BCUT2D eigenvalue weighted by molar-refractivity contribution is 1.67. The first kappa shape index (κ1) is 32.3. The van der Waals surface area contributed by atoms with Crippen molar-refractivity contribution in [2.75, 3.05) is 0 Å². The summed E-state index contributed by atoms with van der Waals surface area (Å²) >= 11 is 3.82. The lowest BCUT2D eigenvalue weighted by atomic mass is 9.84. The van der Waals surface area contributed by atoms with Gasteiger partial charge in [-0.05, 0) is 112 Å². The molecule has 0 radical (unpaired) electrons. The van der Waals surface area contributed by atoms with E-state index in [1.54, 1.807) is 0 Å². The summed E-state index contributed by atoms with van der Waals surface area (Å²) in [5, 5.41) is 18.3. The molecule has 0 fully saturated rings. The van der Waals surface area contributed by atoms with Crippen LogP contribution < -0.4 is 0 Å². The molecule has 58 heavy (non-hydrogen) atoms. The molecule has 0 saturated carbocycles. The first-order valence-corrected chi connectivity index (χ1v) is 21.5. The summed E-state index contributed by atoms with van der Waals surface area (Å²) in [6.45, 7) is 0. The smallest absolute Gasteiger partial charge is 0.0434 e. The van der Waals surface area contributed by atoms with Crippen LogP contribution in [0.15, 0.2) is 194 Å². The minimum absolute atomic E-state index is 1.24. The molecule has 0 aliphatic carbocycles. The highest BCUT2D eigenvalue weighted by Crippen LogP contribution is 2.47. The van der Waals surface area contributed by atoms with Crippen molar-refractivity contribution in [2.24, 2.45) is 0 Å². The number of rotatable bonds is 3. The van der Waals surface area contributed by atoms with Gasteiger partial charge in [0.1, 0.15) is 0 Å². The molecule has 0 nitrogen and oxygen atoms in total. The van der Waals surface area contributed by atoms with Crippen LogP contribution in [0.3, 0.4) is 0 Å². The Hall–Kier alpha value is -6.84. The quantitative estimate of drug-likeness (QED) is 0.157. The maximum Gasteiger partial charge on any atom is 0.0434 e. The van der Waals surface area contributed by atoms with Gasteiger partial charge in [-0.25, -0.2) is 0 Å². The Bertz CT molecular complexity index is 3800. The molecule has 0 aliphatic heterocycles. The van der Waals surface area contributed by atoms with E-state index in [0.717, 1.165) is 0 Å². The van der Waals surface area contributed by atoms with Crippen molar-refractivity contribution in [3.8, 4) is 33.4 Å². The molecule has 2 heterocycles. The summed E-state index contributed by atoms with van der Waals surface area (Å²) in [5.74, 6) is 0. The number of fused-ring (bicyclic) bond motifs is 13. The molecule has 11 aromatic carbocycles. The Labute approximate surface area is 342 Å². The fraction of sp³-hybridized carbons (Fsp3) is 0. The Balaban J connectivity index is 0.929. The van der Waals surface area contributed by atoms with E-state index in [1.807, 2.05) is 22.7 Å². The largest absolute Gasteiger partial charge is 0.135 e. The topological polar surface area (TPSA) is 0 Å². The minimum atomic E-state index is 1.24. The van der Waals surface area contributed by atoms with Crippen molar-refractivity contribution in [3.63, 3.8) is 0 Å². The fourth-order valence-corrected chi connectivity index (χ4v) is 12.2. The van der Waals surface area contributed by atoms with Gasteiger partial charge in [-0.2, -0.15) is 0 Å². The highest BCUT2D eigenvalue weighted by Gasteiger charge is 2.19. The maximum atomic E-state index is 2.40. The third-order valence-electron chi connectivity index (χ3n) is 12.4. The third kappa shape index (κ3) is 4.68. The van der Waals surface area contributed by atoms with Crippen LogP contribution >= 0.6 is 22.7 Å². The molecule has 268 valence electrons. The summed E-state index contributed by atoms with van der Waals surface area (Å²) in [4.78, 5) is 0. The first-order chi connectivity index (χ1) is 28.7. The molecule has 0 N–H and O–H groups in total. The molecule has 0 bridgehead atoms. The van der Waals surface area contributed by atoms with Crippen LogP contribution in [-0.2, 0) is 0 Å². The van der Waals surface area contributed by atoms with Gasteiger partial charge in [-0.15, -0.1) is 22.7 Å². The van der Waals surface area contributed by atoms with E-state index in [1.165, 1.54) is 128 Å². The van der Waals surface area contributed by atoms with Crippen LogP contribution in [0.5, 0.6) is 0 Å². The SMILES string of the molecule is c1ccc2c(-c3c4ccccc4c(-c4ccc5cc(-c6ccc7c(c6)sc6ccc8c(ccc9c%10ccccc%10sc98)c67)ccc5c4)c4ccccc34)cccc2c1. The van der Waals surface area contributed by atoms with Crippen molar-refractivity contribution in [1.29, 1.82) is 0 Å². The van der Waals surface area contributed by atoms with Crippen molar-refractivity contribution >= 4 is 117 Å². The molecule has 13 rings (SSSR count). The highest BCUT2D eigenvalue weighted by molar-refractivity contribution is 7.27. The number of hydrogen-bond acceptors (Lipinski definition) is 2. The molecule has 0 spiro atoms. The summed E-state index contributed by atoms with van der Waals surface area (Å²) in [5.41, 5.74) is 7.60. The molecular weight excluding hydrogens is 737 g/mol. The van der Waals surface area contributed by atoms with Gasteiger partial charge >= 0.3 is 0 Å². The number of thiophene rings is 2. The molecule has 2 aromatic heterocycles. The Morgan fingerprint density at radius 1 is 0.259 bits per heavy atom. The van der Waals surface area contributed by atoms with Crippen molar-refractivity contribution in [2.45, 2.75) is 0 Å². The van der Waals surface area contributed by atoms with Gasteiger partial charge in [0.25, 0.3) is 0 Å². The molecule has 0 unspecified atom stereocenters. The number of hydrogen-bond donors (Lipinski definition) is 0. The van der Waals surface area contributed by atoms with Crippen LogP contribution in [0.1, 0.15) is 0 Å². The normalized spacial score (nSPS) is 12.1. The Morgan fingerprint density at radius 3 is 1.60 bits per heavy atom. The summed E-state index contributed by atoms with van der Waals surface area (Å²) < 4.78 is 5.41. The van der Waals surface area contributed by atoms with Gasteiger partial charge in [0.05, 0.1) is 0 Å². The molecule has 0 aliphatic rings. The van der Waals surface area contributed by atoms with Gasteiger partial charge < -0.3 is 0 Å². The predicted molar refractivity (Wildman–Crippen MR) is 256 cm³/mol. The lowest BCUT2D eigenvalue weighted by Gasteiger charge is -2.19. The van der Waals surface area contributed by atoms with Crippen LogP contribution in [0.25, 0.3) is 128 Å². The second kappa shape index (κ2) is 12.3. The fourth-order valence-electron chi connectivity index (χ4n) is 9.80. The molecule has 2 heteroatoms. The molecule has 0 saturated heterocycles. The molecule has 0 amide bonds. The van der Waals surface area contributed by atoms with E-state index in [-0.39, 0.29) is 0 Å². The average molecular weight is 769 g/mol. The van der Waals surface area contributed by atoms with Gasteiger partial charge in [0.2, 0.25) is 0 Å². The number of benzene rings is 11. The van der Waals surface area contributed by atoms with Crippen LogP contribution in [0.2, 0.25) is 0 Å². The average Bonchev–Trinajstić information content (AvgIpc) is 3.86. The van der Waals surface area contributed by atoms with E-state index >= 15 is 0 Å². The molecule has 13 aromatic rings. The van der Waals surface area contributed by atoms with Crippen molar-refractivity contribution in [1.82, 2.24) is 0 Å². The summed E-state index contributed by atoms with van der Waals surface area (Å²) in [6, 6.07) is 72.6. The van der Waals surface area contributed by atoms with Crippen molar-refractivity contribution in [3.05, 3.63) is 194 Å².